The molecule has 0 saturated carbocycles. The summed E-state index contributed by atoms with van der Waals surface area (Å²) in [6, 6.07) is 0. The van der Waals surface area contributed by atoms with E-state index in [0.717, 1.165) is 16.5 Å². The lowest BCUT2D eigenvalue weighted by Gasteiger charge is -2.07. The lowest BCUT2D eigenvalue weighted by molar-refractivity contribution is -0.131. The molecule has 1 rings (SSSR count). The molecule has 0 aliphatic heterocycles. The predicted molar refractivity (Wildman–Crippen MR) is 79.8 cm³/mol. The molecule has 7 heteroatoms. The summed E-state index contributed by atoms with van der Waals surface area (Å²) in [6.45, 7) is 6.93. The molecule has 0 spiro atoms. The van der Waals surface area contributed by atoms with Gasteiger partial charge >= 0.3 is 11.9 Å². The van der Waals surface area contributed by atoms with Crippen LogP contribution in [0.2, 0.25) is 0 Å². The number of ether oxygens (including phenoxy) is 1. The first-order valence-corrected chi connectivity index (χ1v) is 7.09. The molecule has 21 heavy (non-hydrogen) atoms. The molecule has 0 aliphatic carbocycles. The summed E-state index contributed by atoms with van der Waals surface area (Å²) in [4.78, 5) is 35.3. The van der Waals surface area contributed by atoms with Crippen molar-refractivity contribution in [3.8, 4) is 0 Å². The van der Waals surface area contributed by atoms with Crippen LogP contribution in [0, 0.1) is 13.8 Å². The Labute approximate surface area is 126 Å². The SMILES string of the molecule is CCOC(=O)c1c(NC(=O)/C(C)=C/C(=O)O)sc(C)c1C. The average Bonchev–Trinajstić information content (AvgIpc) is 2.64. The van der Waals surface area contributed by atoms with E-state index in [1.807, 2.05) is 6.92 Å². The number of carbonyl (C=O) groups is 3. The minimum atomic E-state index is -1.20. The summed E-state index contributed by atoms with van der Waals surface area (Å²) in [5.74, 6) is -2.27. The highest BCUT2D eigenvalue weighted by atomic mass is 32.1. The fourth-order valence-electron chi connectivity index (χ4n) is 1.62. The maximum Gasteiger partial charge on any atom is 0.341 e. The second-order valence-corrected chi connectivity index (χ2v) is 5.55. The Balaban J connectivity index is 3.09. The van der Waals surface area contributed by atoms with Crippen molar-refractivity contribution >= 4 is 34.2 Å². The Morgan fingerprint density at radius 3 is 2.48 bits per heavy atom. The number of aryl methyl sites for hydroxylation is 1. The number of thiophene rings is 1. The van der Waals surface area contributed by atoms with Gasteiger partial charge in [0.2, 0.25) is 0 Å². The summed E-state index contributed by atoms with van der Waals surface area (Å²) in [7, 11) is 0. The zero-order chi connectivity index (χ0) is 16.2. The fraction of sp³-hybridized carbons (Fsp3) is 0.357. The van der Waals surface area contributed by atoms with E-state index < -0.39 is 17.8 Å². The van der Waals surface area contributed by atoms with Crippen molar-refractivity contribution < 1.29 is 24.2 Å². The Morgan fingerprint density at radius 2 is 1.95 bits per heavy atom. The molecule has 0 saturated heterocycles. The molecule has 0 fully saturated rings. The van der Waals surface area contributed by atoms with Gasteiger partial charge in [-0.25, -0.2) is 9.59 Å². The number of carboxylic acid groups (broad SMARTS) is 1. The molecule has 6 nitrogen and oxygen atoms in total. The second-order valence-electron chi connectivity index (χ2n) is 4.33. The van der Waals surface area contributed by atoms with Crippen LogP contribution >= 0.6 is 11.3 Å². The third-order valence-corrected chi connectivity index (χ3v) is 3.91. The van der Waals surface area contributed by atoms with E-state index in [1.165, 1.54) is 18.3 Å². The monoisotopic (exact) mass is 311 g/mol. The number of nitrogens with one attached hydrogen (secondary N) is 1. The van der Waals surface area contributed by atoms with Crippen LogP contribution in [0.1, 0.15) is 34.6 Å². The summed E-state index contributed by atoms with van der Waals surface area (Å²) < 4.78 is 4.98. The summed E-state index contributed by atoms with van der Waals surface area (Å²) in [5.41, 5.74) is 1.10. The van der Waals surface area contributed by atoms with Gasteiger partial charge in [0, 0.05) is 16.5 Å². The number of rotatable bonds is 5. The molecule has 0 aromatic carbocycles. The molecular formula is C14H17NO5S. The van der Waals surface area contributed by atoms with Crippen LogP contribution in [0.25, 0.3) is 0 Å². The van der Waals surface area contributed by atoms with Crippen LogP contribution in [-0.4, -0.2) is 29.6 Å². The van der Waals surface area contributed by atoms with Crippen LogP contribution < -0.4 is 5.32 Å². The highest BCUT2D eigenvalue weighted by Gasteiger charge is 2.22. The van der Waals surface area contributed by atoms with E-state index in [4.69, 9.17) is 9.84 Å². The Bertz CT molecular complexity index is 615. The van der Waals surface area contributed by atoms with Gasteiger partial charge in [-0.05, 0) is 33.3 Å². The first-order valence-electron chi connectivity index (χ1n) is 6.27. The van der Waals surface area contributed by atoms with Crippen LogP contribution in [0.5, 0.6) is 0 Å². The zero-order valence-corrected chi connectivity index (χ0v) is 13.1. The number of esters is 1. The number of hydrogen-bond acceptors (Lipinski definition) is 5. The second kappa shape index (κ2) is 7.03. The first kappa shape index (κ1) is 16.9. The molecule has 1 heterocycles. The molecule has 0 bridgehead atoms. The van der Waals surface area contributed by atoms with Crippen LogP contribution in [0.4, 0.5) is 5.00 Å². The largest absolute Gasteiger partial charge is 0.478 e. The number of aliphatic carboxylic acids is 1. The van der Waals surface area contributed by atoms with E-state index in [-0.39, 0.29) is 12.2 Å². The topological polar surface area (TPSA) is 92.7 Å². The Hall–Kier alpha value is -2.15. The normalized spacial score (nSPS) is 11.1. The number of amides is 1. The standard InChI is InChI=1S/C14H17NO5S/c1-5-20-14(19)11-8(3)9(4)21-13(11)15-12(18)7(2)6-10(16)17/h6H,5H2,1-4H3,(H,15,18)(H,16,17)/b7-6+. The number of anilines is 1. The van der Waals surface area contributed by atoms with Gasteiger partial charge in [0.1, 0.15) is 5.00 Å². The van der Waals surface area contributed by atoms with Gasteiger partial charge in [-0.15, -0.1) is 11.3 Å². The van der Waals surface area contributed by atoms with Gasteiger partial charge in [-0.2, -0.15) is 0 Å². The van der Waals surface area contributed by atoms with Crippen molar-refractivity contribution in [1.29, 1.82) is 0 Å². The van der Waals surface area contributed by atoms with Crippen molar-refractivity contribution in [3.63, 3.8) is 0 Å². The summed E-state index contributed by atoms with van der Waals surface area (Å²) >= 11 is 1.25. The maximum atomic E-state index is 12.0. The van der Waals surface area contributed by atoms with Crippen molar-refractivity contribution in [2.24, 2.45) is 0 Å². The van der Waals surface area contributed by atoms with Crippen molar-refractivity contribution in [2.45, 2.75) is 27.7 Å². The van der Waals surface area contributed by atoms with E-state index in [2.05, 4.69) is 5.32 Å². The molecule has 0 atom stereocenters. The van der Waals surface area contributed by atoms with E-state index in [0.29, 0.717) is 10.6 Å². The molecule has 0 radical (unpaired) electrons. The van der Waals surface area contributed by atoms with Gasteiger partial charge in [-0.3, -0.25) is 4.79 Å². The molecule has 2 N–H and O–H groups in total. The van der Waals surface area contributed by atoms with Crippen LogP contribution in [0.15, 0.2) is 11.6 Å². The summed E-state index contributed by atoms with van der Waals surface area (Å²) in [6.07, 6.45) is 0.812. The highest BCUT2D eigenvalue weighted by molar-refractivity contribution is 7.16. The lowest BCUT2D eigenvalue weighted by atomic mass is 10.1. The number of carboxylic acids is 1. The Morgan fingerprint density at radius 1 is 1.33 bits per heavy atom. The Kier molecular flexibility index (Phi) is 5.66. The molecule has 0 aliphatic rings. The summed E-state index contributed by atoms with van der Waals surface area (Å²) in [5, 5.41) is 11.6. The molecule has 1 aromatic rings. The van der Waals surface area contributed by atoms with E-state index >= 15 is 0 Å². The predicted octanol–water partition coefficient (Wildman–Crippen LogP) is 2.51. The minimum Gasteiger partial charge on any atom is -0.478 e. The molecule has 114 valence electrons. The molecule has 0 unspecified atom stereocenters. The third-order valence-electron chi connectivity index (χ3n) is 2.79. The number of carbonyl (C=O) groups excluding carboxylic acids is 2. The van der Waals surface area contributed by atoms with Crippen LogP contribution in [0.3, 0.4) is 0 Å². The van der Waals surface area contributed by atoms with Gasteiger partial charge in [0.05, 0.1) is 12.2 Å². The highest BCUT2D eigenvalue weighted by Crippen LogP contribution is 2.33. The molecule has 1 amide bonds. The van der Waals surface area contributed by atoms with Crippen LogP contribution in [-0.2, 0) is 14.3 Å². The average molecular weight is 311 g/mol. The van der Waals surface area contributed by atoms with Gasteiger partial charge in [0.25, 0.3) is 5.91 Å². The van der Waals surface area contributed by atoms with Crippen molar-refractivity contribution in [1.82, 2.24) is 0 Å². The quantitative estimate of drug-likeness (QED) is 0.644. The smallest absolute Gasteiger partial charge is 0.341 e. The van der Waals surface area contributed by atoms with Gasteiger partial charge in [-0.1, -0.05) is 0 Å². The fourth-order valence-corrected chi connectivity index (χ4v) is 2.66. The minimum absolute atomic E-state index is 0.0426. The van der Waals surface area contributed by atoms with Crippen molar-refractivity contribution in [2.75, 3.05) is 11.9 Å². The van der Waals surface area contributed by atoms with Crippen molar-refractivity contribution in [3.05, 3.63) is 27.7 Å². The first-order chi connectivity index (χ1) is 9.77. The number of hydrogen-bond donors (Lipinski definition) is 2. The van der Waals surface area contributed by atoms with E-state index in [1.54, 1.807) is 13.8 Å². The maximum absolute atomic E-state index is 12.0. The molecular weight excluding hydrogens is 294 g/mol. The third kappa shape index (κ3) is 4.16. The van der Waals surface area contributed by atoms with Gasteiger partial charge in [0.15, 0.2) is 0 Å². The van der Waals surface area contributed by atoms with Gasteiger partial charge < -0.3 is 15.2 Å². The zero-order valence-electron chi connectivity index (χ0n) is 12.3. The molecule has 1 aromatic heterocycles. The lowest BCUT2D eigenvalue weighted by Crippen LogP contribution is -2.16. The van der Waals surface area contributed by atoms with E-state index in [9.17, 15) is 14.4 Å².